The summed E-state index contributed by atoms with van der Waals surface area (Å²) in [5, 5.41) is 13.8. The number of benzene rings is 3. The predicted octanol–water partition coefficient (Wildman–Crippen LogP) is 7.95. The molecule has 2 atom stereocenters. The highest BCUT2D eigenvalue weighted by Gasteiger charge is 2.42. The zero-order valence-corrected chi connectivity index (χ0v) is 25.0. The molecule has 0 aliphatic carbocycles. The molecule has 4 aromatic rings. The third kappa shape index (κ3) is 7.12. The molecule has 0 aliphatic heterocycles. The van der Waals surface area contributed by atoms with E-state index in [4.69, 9.17) is 9.72 Å². The molecule has 4 rings (SSSR count). The third-order valence-corrected chi connectivity index (χ3v) is 8.42. The summed E-state index contributed by atoms with van der Waals surface area (Å²) in [5.74, 6) is 1.28. The highest BCUT2D eigenvalue weighted by Crippen LogP contribution is 2.47. The van der Waals surface area contributed by atoms with Gasteiger partial charge in [-0.2, -0.15) is 11.8 Å². The first kappa shape index (κ1) is 29.8. The first-order chi connectivity index (χ1) is 19.5. The zero-order valence-electron chi connectivity index (χ0n) is 22.6. The first-order valence-electron chi connectivity index (χ1n) is 13.2. The Bertz CT molecular complexity index is 1420. The fourth-order valence-electron chi connectivity index (χ4n) is 4.99. The number of ether oxygens (including phenoxy) is 1. The summed E-state index contributed by atoms with van der Waals surface area (Å²) in [6.45, 7) is 14.0. The molecule has 0 saturated carbocycles. The molecular weight excluding hydrogens is 580 g/mol. The number of hydrogen-bond donors (Lipinski definition) is 1. The van der Waals surface area contributed by atoms with E-state index < -0.39 is 11.5 Å². The maximum atomic E-state index is 12.9. The lowest BCUT2D eigenvalue weighted by molar-refractivity contribution is 0.0437. The van der Waals surface area contributed by atoms with Gasteiger partial charge in [-0.15, -0.1) is 13.2 Å². The number of pyridine rings is 1. The molecule has 6 heteroatoms. The molecule has 0 spiro atoms. The van der Waals surface area contributed by atoms with Crippen LogP contribution in [0.2, 0.25) is 0 Å². The van der Waals surface area contributed by atoms with Crippen molar-refractivity contribution in [3.63, 3.8) is 0 Å². The molecule has 40 heavy (non-hydrogen) atoms. The number of aliphatic hydroxyl groups is 1. The van der Waals surface area contributed by atoms with Crippen LogP contribution >= 0.6 is 27.7 Å². The second kappa shape index (κ2) is 14.5. The number of nitrogens with zero attached hydrogens (tertiary/aromatic N) is 2. The smallest absolute Gasteiger partial charge is 0.222 e. The zero-order chi connectivity index (χ0) is 28.4. The van der Waals surface area contributed by atoms with Crippen LogP contribution in [0.5, 0.6) is 5.88 Å². The van der Waals surface area contributed by atoms with Gasteiger partial charge in [-0.25, -0.2) is 4.98 Å². The lowest BCUT2D eigenvalue weighted by Crippen LogP contribution is -2.38. The summed E-state index contributed by atoms with van der Waals surface area (Å²) in [5.41, 5.74) is 2.14. The Labute approximate surface area is 250 Å². The lowest BCUT2D eigenvalue weighted by atomic mass is 9.74. The largest absolute Gasteiger partial charge is 0.447 e. The van der Waals surface area contributed by atoms with Crippen molar-refractivity contribution >= 4 is 38.6 Å². The highest BCUT2D eigenvalue weighted by molar-refractivity contribution is 9.10. The number of rotatable bonds is 15. The van der Waals surface area contributed by atoms with Gasteiger partial charge in [-0.3, -0.25) is 4.90 Å². The summed E-state index contributed by atoms with van der Waals surface area (Å²) in [4.78, 5) is 7.14. The van der Waals surface area contributed by atoms with Crippen LogP contribution in [0.3, 0.4) is 0 Å². The van der Waals surface area contributed by atoms with E-state index in [2.05, 4.69) is 58.8 Å². The average Bonchev–Trinajstić information content (AvgIpc) is 2.97. The van der Waals surface area contributed by atoms with Gasteiger partial charge in [0.25, 0.3) is 0 Å². The van der Waals surface area contributed by atoms with Gasteiger partial charge >= 0.3 is 0 Å². The number of aromatic nitrogens is 1. The third-order valence-electron chi connectivity index (χ3n) is 6.81. The maximum Gasteiger partial charge on any atom is 0.222 e. The van der Waals surface area contributed by atoms with Crippen molar-refractivity contribution in [2.24, 2.45) is 0 Å². The monoisotopic (exact) mass is 614 g/mol. The van der Waals surface area contributed by atoms with E-state index >= 15 is 0 Å². The molecule has 0 radical (unpaired) electrons. The molecule has 0 aliphatic rings. The molecule has 0 bridgehead atoms. The van der Waals surface area contributed by atoms with Crippen molar-refractivity contribution in [2.75, 3.05) is 31.1 Å². The van der Waals surface area contributed by atoms with Gasteiger partial charge in [0.2, 0.25) is 5.88 Å². The van der Waals surface area contributed by atoms with Gasteiger partial charge in [0.05, 0.1) is 11.8 Å². The SMILES string of the molecule is C=CCN(CC=C)CCSCC(O)(c1ccccc1)C(c1ccccc1)c1cc2cc(Br)ccc2nc1OC=C. The summed E-state index contributed by atoms with van der Waals surface area (Å²) in [6.07, 6.45) is 5.21. The minimum absolute atomic E-state index is 0.432. The van der Waals surface area contributed by atoms with Gasteiger partial charge in [0.1, 0.15) is 5.60 Å². The molecular formula is C34H35BrN2O2S. The molecule has 206 valence electrons. The van der Waals surface area contributed by atoms with Gasteiger partial charge in [-0.05, 0) is 35.4 Å². The van der Waals surface area contributed by atoms with Crippen LogP contribution in [0.15, 0.2) is 128 Å². The maximum absolute atomic E-state index is 12.9. The Morgan fingerprint density at radius 3 is 2.27 bits per heavy atom. The van der Waals surface area contributed by atoms with Gasteiger partial charge in [-0.1, -0.05) is 95.3 Å². The fourth-order valence-corrected chi connectivity index (χ4v) is 6.54. The van der Waals surface area contributed by atoms with E-state index in [1.54, 1.807) is 11.8 Å². The van der Waals surface area contributed by atoms with E-state index in [1.165, 1.54) is 6.26 Å². The van der Waals surface area contributed by atoms with Crippen LogP contribution < -0.4 is 4.74 Å². The first-order valence-corrected chi connectivity index (χ1v) is 15.2. The molecule has 1 heterocycles. The molecule has 4 nitrogen and oxygen atoms in total. The topological polar surface area (TPSA) is 45.6 Å². The Kier molecular flexibility index (Phi) is 10.8. The molecule has 1 N–H and O–H groups in total. The highest BCUT2D eigenvalue weighted by atomic mass is 79.9. The summed E-state index contributed by atoms with van der Waals surface area (Å²) >= 11 is 5.32. The minimum atomic E-state index is -1.27. The fraction of sp³-hybridized carbons (Fsp3) is 0.206. The van der Waals surface area contributed by atoms with E-state index in [0.717, 1.165) is 57.5 Å². The van der Waals surface area contributed by atoms with E-state index in [0.29, 0.717) is 11.6 Å². The van der Waals surface area contributed by atoms with Gasteiger partial charge < -0.3 is 9.84 Å². The Morgan fingerprint density at radius 2 is 1.62 bits per heavy atom. The Hall–Kier alpha value is -3.16. The van der Waals surface area contributed by atoms with Gasteiger partial charge in [0.15, 0.2) is 0 Å². The van der Waals surface area contributed by atoms with Crippen LogP contribution in [0.25, 0.3) is 10.9 Å². The van der Waals surface area contributed by atoms with Crippen LogP contribution in [-0.4, -0.2) is 46.1 Å². The molecule has 0 saturated heterocycles. The van der Waals surface area contributed by atoms with Crippen molar-refractivity contribution in [1.29, 1.82) is 0 Å². The number of thioether (sulfide) groups is 1. The van der Waals surface area contributed by atoms with Crippen molar-refractivity contribution in [3.05, 3.63) is 144 Å². The number of halogens is 1. The normalized spacial score (nSPS) is 13.5. The van der Waals surface area contributed by atoms with Crippen molar-refractivity contribution < 1.29 is 9.84 Å². The predicted molar refractivity (Wildman–Crippen MR) is 173 cm³/mol. The standard InChI is InChI=1S/C34H35BrN2O2S/c1-4-19-37(20-5-2)21-22-40-25-34(38,28-15-11-8-12-16-28)32(26-13-9-7-10-14-26)30-24-27-23-29(35)17-18-31(27)36-33(30)39-6-3/h4-18,23-24,32,38H,1-3,19-22,25H2. The second-order valence-corrected chi connectivity index (χ2v) is 11.5. The number of hydrogen-bond acceptors (Lipinski definition) is 5. The summed E-state index contributed by atoms with van der Waals surface area (Å²) in [6, 6.07) is 28.0. The second-order valence-electron chi connectivity index (χ2n) is 9.53. The Balaban J connectivity index is 1.83. The molecule has 2 unspecified atom stereocenters. The van der Waals surface area contributed by atoms with Crippen LogP contribution in [0.4, 0.5) is 0 Å². The average molecular weight is 616 g/mol. The minimum Gasteiger partial charge on any atom is -0.447 e. The lowest BCUT2D eigenvalue weighted by Gasteiger charge is -2.38. The molecule has 0 amide bonds. The molecule has 3 aromatic carbocycles. The molecule has 0 fully saturated rings. The van der Waals surface area contributed by atoms with Crippen LogP contribution in [0.1, 0.15) is 22.6 Å². The summed E-state index contributed by atoms with van der Waals surface area (Å²) < 4.78 is 6.87. The quantitative estimate of drug-likeness (QED) is 0.0836. The van der Waals surface area contributed by atoms with E-state index in [-0.39, 0.29) is 0 Å². The summed E-state index contributed by atoms with van der Waals surface area (Å²) in [7, 11) is 0. The number of fused-ring (bicyclic) bond motifs is 1. The van der Waals surface area contributed by atoms with Crippen molar-refractivity contribution in [1.82, 2.24) is 9.88 Å². The molecule has 1 aromatic heterocycles. The van der Waals surface area contributed by atoms with Crippen molar-refractivity contribution in [2.45, 2.75) is 11.5 Å². The van der Waals surface area contributed by atoms with Crippen molar-refractivity contribution in [3.8, 4) is 5.88 Å². The Morgan fingerprint density at radius 1 is 0.950 bits per heavy atom. The van der Waals surface area contributed by atoms with Crippen LogP contribution in [-0.2, 0) is 5.60 Å². The van der Waals surface area contributed by atoms with Crippen LogP contribution in [0, 0.1) is 0 Å². The van der Waals surface area contributed by atoms with E-state index in [9.17, 15) is 5.11 Å². The van der Waals surface area contributed by atoms with Gasteiger partial charge in [0, 0.05) is 52.5 Å². The van der Waals surface area contributed by atoms with E-state index in [1.807, 2.05) is 78.9 Å².